The molecule has 0 aliphatic rings. The van der Waals surface area contributed by atoms with Gasteiger partial charge in [0, 0.05) is 23.4 Å². The van der Waals surface area contributed by atoms with E-state index in [0.29, 0.717) is 18.0 Å². The second kappa shape index (κ2) is 9.83. The van der Waals surface area contributed by atoms with Crippen molar-refractivity contribution in [3.05, 3.63) is 90.8 Å². The average Bonchev–Trinajstić information content (AvgIpc) is 3.14. The van der Waals surface area contributed by atoms with Gasteiger partial charge in [-0.15, -0.1) is 0 Å². The number of carbonyl (C=O) groups is 1. The van der Waals surface area contributed by atoms with Crippen molar-refractivity contribution < 1.29 is 14.6 Å². The summed E-state index contributed by atoms with van der Waals surface area (Å²) in [5.74, 6) is 1.67. The molecule has 6 heteroatoms. The first-order valence-electron chi connectivity index (χ1n) is 10.5. The van der Waals surface area contributed by atoms with Gasteiger partial charge in [-0.05, 0) is 37.6 Å². The van der Waals surface area contributed by atoms with E-state index in [2.05, 4.69) is 34.1 Å². The summed E-state index contributed by atoms with van der Waals surface area (Å²) in [6.07, 6.45) is -0.279. The Bertz CT molecular complexity index is 1170. The average molecular weight is 428 g/mol. The zero-order valence-electron chi connectivity index (χ0n) is 17.9. The molecule has 0 fully saturated rings. The molecule has 3 aromatic carbocycles. The molecule has 0 unspecified atom stereocenters. The van der Waals surface area contributed by atoms with Gasteiger partial charge in [0.15, 0.2) is 0 Å². The third kappa shape index (κ3) is 4.98. The smallest absolute Gasteiger partial charge is 0.409 e. The van der Waals surface area contributed by atoms with Crippen LogP contribution in [0.3, 0.4) is 0 Å². The molecule has 4 rings (SSSR count). The highest BCUT2D eigenvalue weighted by Gasteiger charge is 2.17. The maximum Gasteiger partial charge on any atom is 0.409 e. The number of aryl methyl sites for hydroxylation is 1. The Labute approximate surface area is 187 Å². The molecule has 4 aromatic rings. The van der Waals surface area contributed by atoms with Gasteiger partial charge in [0.05, 0.1) is 18.0 Å². The Kier molecular flexibility index (Phi) is 6.51. The fourth-order valence-electron chi connectivity index (χ4n) is 3.69. The zero-order valence-corrected chi connectivity index (χ0v) is 17.9. The molecule has 162 valence electrons. The van der Waals surface area contributed by atoms with Gasteiger partial charge in [0.2, 0.25) is 0 Å². The van der Waals surface area contributed by atoms with Crippen LogP contribution in [0, 0.1) is 6.92 Å². The number of nitrogens with zero attached hydrogens (tertiary/aromatic N) is 2. The number of hydrogen-bond donors (Lipinski definition) is 2. The summed E-state index contributed by atoms with van der Waals surface area (Å²) in [5.41, 5.74) is 4.84. The molecule has 32 heavy (non-hydrogen) atoms. The quantitative estimate of drug-likeness (QED) is 0.334. The van der Waals surface area contributed by atoms with Gasteiger partial charge in [-0.25, -0.2) is 9.78 Å². The summed E-state index contributed by atoms with van der Waals surface area (Å²) in [7, 11) is 0. The highest BCUT2D eigenvalue weighted by atomic mass is 16.5. The lowest BCUT2D eigenvalue weighted by Gasteiger charge is -2.13. The Morgan fingerprint density at radius 1 is 0.938 bits per heavy atom. The third-order valence-electron chi connectivity index (χ3n) is 5.15. The van der Waals surface area contributed by atoms with Crippen molar-refractivity contribution in [2.75, 3.05) is 11.9 Å². The fraction of sp³-hybridized carbons (Fsp3) is 0.154. The number of imidazole rings is 1. The van der Waals surface area contributed by atoms with Gasteiger partial charge in [0.25, 0.3) is 0 Å². The van der Waals surface area contributed by atoms with Crippen LogP contribution >= 0.6 is 0 Å². The summed E-state index contributed by atoms with van der Waals surface area (Å²) in [4.78, 5) is 15.6. The van der Waals surface area contributed by atoms with Crippen LogP contribution in [0.15, 0.2) is 84.9 Å². The number of rotatable bonds is 8. The predicted octanol–water partition coefficient (Wildman–Crippen LogP) is 6.08. The second-order valence-electron chi connectivity index (χ2n) is 7.40. The van der Waals surface area contributed by atoms with Crippen LogP contribution in [0.5, 0.6) is 5.75 Å². The van der Waals surface area contributed by atoms with Crippen molar-refractivity contribution in [2.45, 2.75) is 19.9 Å². The van der Waals surface area contributed by atoms with Crippen molar-refractivity contribution in [1.29, 1.82) is 0 Å². The van der Waals surface area contributed by atoms with Gasteiger partial charge >= 0.3 is 6.09 Å². The number of benzene rings is 3. The molecule has 0 aliphatic heterocycles. The number of carboxylic acid groups (broad SMARTS) is 1. The largest absolute Gasteiger partial charge is 0.494 e. The minimum absolute atomic E-state index is 0.514. The molecule has 0 aliphatic carbocycles. The van der Waals surface area contributed by atoms with Crippen molar-refractivity contribution in [3.63, 3.8) is 0 Å². The van der Waals surface area contributed by atoms with E-state index in [1.54, 1.807) is 24.3 Å². The number of nitrogens with one attached hydrogen (secondary N) is 1. The summed E-state index contributed by atoms with van der Waals surface area (Å²) < 4.78 is 8.11. The Morgan fingerprint density at radius 3 is 2.19 bits per heavy atom. The number of amides is 1. The lowest BCUT2D eigenvalue weighted by atomic mass is 10.0. The van der Waals surface area contributed by atoms with Crippen LogP contribution in [0.2, 0.25) is 0 Å². The van der Waals surface area contributed by atoms with Gasteiger partial charge in [-0.1, -0.05) is 60.7 Å². The number of ether oxygens (including phenoxy) is 1. The number of hydrogen-bond acceptors (Lipinski definition) is 3. The molecule has 1 aromatic heterocycles. The summed E-state index contributed by atoms with van der Waals surface area (Å²) in [6.45, 7) is 3.35. The van der Waals surface area contributed by atoms with E-state index >= 15 is 0 Å². The highest BCUT2D eigenvalue weighted by molar-refractivity contribution is 5.82. The third-order valence-corrected chi connectivity index (χ3v) is 5.15. The summed E-state index contributed by atoms with van der Waals surface area (Å²) in [6, 6.07) is 27.5. The minimum Gasteiger partial charge on any atom is -0.494 e. The minimum atomic E-state index is -1.08. The zero-order chi connectivity index (χ0) is 22.3. The van der Waals surface area contributed by atoms with Crippen LogP contribution in [0.25, 0.3) is 22.5 Å². The van der Waals surface area contributed by atoms with Crippen molar-refractivity contribution in [3.8, 4) is 28.3 Å². The normalized spacial score (nSPS) is 10.7. The van der Waals surface area contributed by atoms with Gasteiger partial charge in [-0.2, -0.15) is 0 Å². The topological polar surface area (TPSA) is 76.4 Å². The predicted molar refractivity (Wildman–Crippen MR) is 126 cm³/mol. The molecule has 0 bridgehead atoms. The molecule has 1 heterocycles. The highest BCUT2D eigenvalue weighted by Crippen LogP contribution is 2.32. The van der Waals surface area contributed by atoms with E-state index in [1.807, 2.05) is 43.3 Å². The molecule has 0 radical (unpaired) electrons. The van der Waals surface area contributed by atoms with E-state index in [1.165, 1.54) is 0 Å². The Morgan fingerprint density at radius 2 is 1.56 bits per heavy atom. The number of anilines is 1. The van der Waals surface area contributed by atoms with Crippen LogP contribution in [-0.4, -0.2) is 27.4 Å². The van der Waals surface area contributed by atoms with Gasteiger partial charge < -0.3 is 14.4 Å². The Hall–Kier alpha value is -4.06. The first-order valence-corrected chi connectivity index (χ1v) is 10.5. The van der Waals surface area contributed by atoms with Crippen LogP contribution in [0.4, 0.5) is 10.5 Å². The molecule has 0 saturated carbocycles. The fourth-order valence-corrected chi connectivity index (χ4v) is 3.69. The SMILES string of the molecule is Cc1nc(-c2ccccc2)c(-c2ccccc2)n1CCCOc1ccc(NC(=O)O)cc1. The first-order chi connectivity index (χ1) is 15.6. The molecule has 0 atom stereocenters. The first kappa shape index (κ1) is 21.2. The monoisotopic (exact) mass is 427 g/mol. The molecule has 6 nitrogen and oxygen atoms in total. The van der Waals surface area contributed by atoms with Crippen molar-refractivity contribution in [1.82, 2.24) is 9.55 Å². The second-order valence-corrected chi connectivity index (χ2v) is 7.40. The maximum atomic E-state index is 10.7. The van der Waals surface area contributed by atoms with E-state index < -0.39 is 6.09 Å². The molecule has 0 spiro atoms. The lowest BCUT2D eigenvalue weighted by molar-refractivity contribution is 0.209. The van der Waals surface area contributed by atoms with E-state index in [4.69, 9.17) is 14.8 Å². The van der Waals surface area contributed by atoms with E-state index in [-0.39, 0.29) is 0 Å². The standard InChI is InChI=1S/C26H25N3O3/c1-19-27-24(20-9-4-2-5-10-20)25(21-11-6-3-7-12-21)29(19)17-8-18-32-23-15-13-22(14-16-23)28-26(30)31/h2-7,9-16,28H,8,17-18H2,1H3,(H,30,31). The van der Waals surface area contributed by atoms with Crippen LogP contribution < -0.4 is 10.1 Å². The van der Waals surface area contributed by atoms with E-state index in [9.17, 15) is 4.79 Å². The van der Waals surface area contributed by atoms with Gasteiger partial charge in [0.1, 0.15) is 11.6 Å². The lowest BCUT2D eigenvalue weighted by Crippen LogP contribution is -2.08. The van der Waals surface area contributed by atoms with Gasteiger partial charge in [-0.3, -0.25) is 5.32 Å². The van der Waals surface area contributed by atoms with Crippen molar-refractivity contribution >= 4 is 11.8 Å². The summed E-state index contributed by atoms with van der Waals surface area (Å²) >= 11 is 0. The van der Waals surface area contributed by atoms with E-state index in [0.717, 1.165) is 41.3 Å². The molecule has 0 saturated heterocycles. The van der Waals surface area contributed by atoms with Crippen LogP contribution in [0.1, 0.15) is 12.2 Å². The van der Waals surface area contributed by atoms with Crippen LogP contribution in [-0.2, 0) is 6.54 Å². The summed E-state index contributed by atoms with van der Waals surface area (Å²) in [5, 5.41) is 11.1. The van der Waals surface area contributed by atoms with Crippen molar-refractivity contribution in [2.24, 2.45) is 0 Å². The maximum absolute atomic E-state index is 10.7. The Balaban J connectivity index is 1.49. The molecular formula is C26H25N3O3. The molecule has 2 N–H and O–H groups in total. The molecule has 1 amide bonds. The number of aromatic nitrogens is 2. The molecular weight excluding hydrogens is 402 g/mol.